The third-order valence-corrected chi connectivity index (χ3v) is 2.29. The van der Waals surface area contributed by atoms with Crippen LogP contribution in [0.25, 0.3) is 0 Å². The van der Waals surface area contributed by atoms with Crippen molar-refractivity contribution in [1.29, 1.82) is 0 Å². The van der Waals surface area contributed by atoms with Gasteiger partial charge in [-0.2, -0.15) is 0 Å². The number of nitrogens with two attached hydrogens (primary N) is 1. The Balaban J connectivity index is 2.21. The zero-order valence-electron chi connectivity index (χ0n) is 7.57. The number of rotatable bonds is 4. The van der Waals surface area contributed by atoms with Crippen LogP contribution in [0.3, 0.4) is 0 Å². The summed E-state index contributed by atoms with van der Waals surface area (Å²) < 4.78 is 5.25. The van der Waals surface area contributed by atoms with E-state index in [1.807, 2.05) is 7.05 Å². The molecule has 0 aromatic carbocycles. The van der Waals surface area contributed by atoms with Gasteiger partial charge in [0.15, 0.2) is 0 Å². The summed E-state index contributed by atoms with van der Waals surface area (Å²) in [7, 11) is 2.02. The number of aliphatic hydroxyl groups excluding tert-OH is 1. The van der Waals surface area contributed by atoms with Crippen molar-refractivity contribution >= 4 is 0 Å². The predicted octanol–water partition coefficient (Wildman–Crippen LogP) is -0.973. The van der Waals surface area contributed by atoms with Crippen molar-refractivity contribution in [3.05, 3.63) is 0 Å². The monoisotopic (exact) mass is 174 g/mol. The Bertz CT molecular complexity index is 126. The highest BCUT2D eigenvalue weighted by Gasteiger charge is 2.21. The summed E-state index contributed by atoms with van der Waals surface area (Å²) in [4.78, 5) is 2.16. The molecule has 1 fully saturated rings. The summed E-state index contributed by atoms with van der Waals surface area (Å²) in [6.07, 6.45) is 1.08. The molecular weight excluding hydrogens is 156 g/mol. The van der Waals surface area contributed by atoms with Crippen LogP contribution < -0.4 is 5.73 Å². The molecule has 1 rings (SSSR count). The molecule has 2 unspecified atom stereocenters. The zero-order valence-corrected chi connectivity index (χ0v) is 7.57. The molecule has 12 heavy (non-hydrogen) atoms. The van der Waals surface area contributed by atoms with Crippen molar-refractivity contribution in [2.45, 2.75) is 18.5 Å². The molecule has 4 heteroatoms. The molecule has 3 N–H and O–H groups in total. The summed E-state index contributed by atoms with van der Waals surface area (Å²) in [5.41, 5.74) is 5.61. The molecule has 1 heterocycles. The van der Waals surface area contributed by atoms with Crippen LogP contribution in [0.4, 0.5) is 0 Å². The van der Waals surface area contributed by atoms with Crippen molar-refractivity contribution in [2.75, 3.05) is 33.4 Å². The number of ether oxygens (including phenoxy) is 1. The van der Waals surface area contributed by atoms with Gasteiger partial charge in [-0.3, -0.25) is 4.90 Å². The molecule has 72 valence electrons. The summed E-state index contributed by atoms with van der Waals surface area (Å²) in [5.74, 6) is 0. The summed E-state index contributed by atoms with van der Waals surface area (Å²) >= 11 is 0. The second kappa shape index (κ2) is 4.77. The Hall–Kier alpha value is -0.160. The topological polar surface area (TPSA) is 58.7 Å². The maximum atomic E-state index is 8.74. The Labute approximate surface area is 73.3 Å². The largest absolute Gasteiger partial charge is 0.395 e. The molecular formula is C8H18N2O2. The second-order valence-electron chi connectivity index (χ2n) is 3.40. The number of likely N-dealkylation sites (N-methyl/N-ethyl adjacent to an activating group) is 1. The van der Waals surface area contributed by atoms with E-state index in [1.54, 1.807) is 0 Å². The summed E-state index contributed by atoms with van der Waals surface area (Å²) in [6, 6.07) is 0.359. The molecule has 1 saturated heterocycles. The molecule has 4 nitrogen and oxygen atoms in total. The Morgan fingerprint density at radius 1 is 1.75 bits per heavy atom. The fourth-order valence-electron chi connectivity index (χ4n) is 1.45. The third kappa shape index (κ3) is 2.71. The van der Waals surface area contributed by atoms with Gasteiger partial charge in [0, 0.05) is 25.2 Å². The van der Waals surface area contributed by atoms with E-state index in [0.717, 1.165) is 26.2 Å². The minimum Gasteiger partial charge on any atom is -0.395 e. The molecule has 1 aliphatic rings. The normalized spacial score (nSPS) is 26.5. The smallest absolute Gasteiger partial charge is 0.0622 e. The lowest BCUT2D eigenvalue weighted by Crippen LogP contribution is -2.42. The van der Waals surface area contributed by atoms with Crippen LogP contribution in [0.5, 0.6) is 0 Å². The van der Waals surface area contributed by atoms with Gasteiger partial charge in [0.25, 0.3) is 0 Å². The van der Waals surface area contributed by atoms with E-state index in [-0.39, 0.29) is 12.6 Å². The van der Waals surface area contributed by atoms with E-state index in [9.17, 15) is 0 Å². The van der Waals surface area contributed by atoms with Crippen LogP contribution in [0.1, 0.15) is 6.42 Å². The van der Waals surface area contributed by atoms with E-state index in [0.29, 0.717) is 6.04 Å². The highest BCUT2D eigenvalue weighted by Crippen LogP contribution is 2.10. The molecule has 0 aromatic rings. The molecule has 0 aliphatic carbocycles. The van der Waals surface area contributed by atoms with Gasteiger partial charge in [0.05, 0.1) is 13.2 Å². The van der Waals surface area contributed by atoms with Gasteiger partial charge in [-0.1, -0.05) is 0 Å². The Morgan fingerprint density at radius 3 is 3.00 bits per heavy atom. The second-order valence-corrected chi connectivity index (χ2v) is 3.40. The standard InChI is InChI=1S/C8H18N2O2/c1-10(4-7(9)5-11)8-2-3-12-6-8/h7-8,11H,2-6,9H2,1H3. The number of nitrogens with zero attached hydrogens (tertiary/aromatic N) is 1. The molecule has 1 aliphatic heterocycles. The average molecular weight is 174 g/mol. The van der Waals surface area contributed by atoms with Crippen LogP contribution in [-0.4, -0.2) is 55.5 Å². The minimum atomic E-state index is -0.129. The van der Waals surface area contributed by atoms with Crippen molar-refractivity contribution in [3.8, 4) is 0 Å². The van der Waals surface area contributed by atoms with Crippen LogP contribution >= 0.6 is 0 Å². The molecule has 0 spiro atoms. The zero-order chi connectivity index (χ0) is 8.97. The maximum Gasteiger partial charge on any atom is 0.0622 e. The first-order valence-corrected chi connectivity index (χ1v) is 4.38. The number of hydrogen-bond acceptors (Lipinski definition) is 4. The lowest BCUT2D eigenvalue weighted by atomic mass is 10.2. The molecule has 0 aromatic heterocycles. The number of aliphatic hydroxyl groups is 1. The van der Waals surface area contributed by atoms with E-state index in [1.165, 1.54) is 0 Å². The molecule has 0 radical (unpaired) electrons. The highest BCUT2D eigenvalue weighted by atomic mass is 16.5. The van der Waals surface area contributed by atoms with Gasteiger partial charge >= 0.3 is 0 Å². The van der Waals surface area contributed by atoms with Gasteiger partial charge in [0.2, 0.25) is 0 Å². The van der Waals surface area contributed by atoms with Crippen LogP contribution in [0.15, 0.2) is 0 Å². The Morgan fingerprint density at radius 2 is 2.50 bits per heavy atom. The first kappa shape index (κ1) is 9.92. The van der Waals surface area contributed by atoms with Gasteiger partial charge < -0.3 is 15.6 Å². The molecule has 0 saturated carbocycles. The van der Waals surface area contributed by atoms with Crippen molar-refractivity contribution in [1.82, 2.24) is 4.90 Å². The molecule has 0 bridgehead atoms. The quantitative estimate of drug-likeness (QED) is 0.575. The summed E-state index contributed by atoms with van der Waals surface area (Å²) in [6.45, 7) is 2.44. The Kier molecular flexibility index (Phi) is 3.94. The first-order chi connectivity index (χ1) is 5.74. The fraction of sp³-hybridized carbons (Fsp3) is 1.00. The number of hydrogen-bond donors (Lipinski definition) is 2. The SMILES string of the molecule is CN(CC(N)CO)C1CCOC1. The van der Waals surface area contributed by atoms with E-state index in [2.05, 4.69) is 4.90 Å². The van der Waals surface area contributed by atoms with Gasteiger partial charge in [-0.15, -0.1) is 0 Å². The maximum absolute atomic E-state index is 8.74. The van der Waals surface area contributed by atoms with Crippen LogP contribution in [-0.2, 0) is 4.74 Å². The lowest BCUT2D eigenvalue weighted by Gasteiger charge is -2.25. The average Bonchev–Trinajstić information content (AvgIpc) is 2.56. The van der Waals surface area contributed by atoms with Crippen molar-refractivity contribution in [3.63, 3.8) is 0 Å². The van der Waals surface area contributed by atoms with E-state index in [4.69, 9.17) is 15.6 Å². The van der Waals surface area contributed by atoms with Gasteiger partial charge in [0.1, 0.15) is 0 Å². The van der Waals surface area contributed by atoms with Gasteiger partial charge in [-0.05, 0) is 13.5 Å². The fourth-order valence-corrected chi connectivity index (χ4v) is 1.45. The molecule has 2 atom stereocenters. The van der Waals surface area contributed by atoms with E-state index < -0.39 is 0 Å². The third-order valence-electron chi connectivity index (χ3n) is 2.29. The van der Waals surface area contributed by atoms with E-state index >= 15 is 0 Å². The van der Waals surface area contributed by atoms with Crippen molar-refractivity contribution in [2.24, 2.45) is 5.73 Å². The highest BCUT2D eigenvalue weighted by molar-refractivity contribution is 4.75. The predicted molar refractivity (Wildman–Crippen MR) is 46.9 cm³/mol. The minimum absolute atomic E-state index is 0.0535. The summed E-state index contributed by atoms with van der Waals surface area (Å²) in [5, 5.41) is 8.74. The lowest BCUT2D eigenvalue weighted by molar-refractivity contribution is 0.146. The molecule has 0 amide bonds. The van der Waals surface area contributed by atoms with Crippen LogP contribution in [0, 0.1) is 0 Å². The first-order valence-electron chi connectivity index (χ1n) is 4.38. The van der Waals surface area contributed by atoms with Gasteiger partial charge in [-0.25, -0.2) is 0 Å². The van der Waals surface area contributed by atoms with Crippen molar-refractivity contribution < 1.29 is 9.84 Å². The van der Waals surface area contributed by atoms with Crippen LogP contribution in [0.2, 0.25) is 0 Å².